The fraction of sp³-hybridized carbons (Fsp3) is 0.400. The van der Waals surface area contributed by atoms with Crippen molar-refractivity contribution in [2.45, 2.75) is 51.9 Å². The lowest BCUT2D eigenvalue weighted by Gasteiger charge is -2.34. The highest BCUT2D eigenvalue weighted by Crippen LogP contribution is 2.43. The molecule has 0 saturated carbocycles. The minimum absolute atomic E-state index is 0.0102. The topological polar surface area (TPSA) is 58.9 Å². The third-order valence-electron chi connectivity index (χ3n) is 6.47. The van der Waals surface area contributed by atoms with Gasteiger partial charge in [0.05, 0.1) is 13.2 Å². The van der Waals surface area contributed by atoms with Gasteiger partial charge in [-0.2, -0.15) is 0 Å². The zero-order valence-corrected chi connectivity index (χ0v) is 21.0. The van der Waals surface area contributed by atoms with Gasteiger partial charge in [0.15, 0.2) is 0 Å². The van der Waals surface area contributed by atoms with Crippen molar-refractivity contribution in [2.75, 3.05) is 26.4 Å². The Balaban J connectivity index is 2.21. The summed E-state index contributed by atoms with van der Waals surface area (Å²) >= 11 is 0. The quantitative estimate of drug-likeness (QED) is 0.342. The molecular formula is C30H38O4. The molecule has 3 rings (SSSR count). The first kappa shape index (κ1) is 25.8. The predicted molar refractivity (Wildman–Crippen MR) is 138 cm³/mol. The maximum Gasteiger partial charge on any atom is 0.122 e. The highest BCUT2D eigenvalue weighted by Gasteiger charge is 2.33. The highest BCUT2D eigenvalue weighted by molar-refractivity contribution is 5.55. The molecule has 4 nitrogen and oxygen atoms in total. The number of benzene rings is 3. The Bertz CT molecular complexity index is 993. The molecule has 0 fully saturated rings. The van der Waals surface area contributed by atoms with Crippen LogP contribution in [-0.2, 0) is 5.41 Å². The van der Waals surface area contributed by atoms with E-state index >= 15 is 0 Å². The average Bonchev–Trinajstić information content (AvgIpc) is 2.85. The van der Waals surface area contributed by atoms with Crippen LogP contribution in [-0.4, -0.2) is 36.6 Å². The van der Waals surface area contributed by atoms with Gasteiger partial charge < -0.3 is 19.7 Å². The summed E-state index contributed by atoms with van der Waals surface area (Å²) in [6, 6.07) is 23.4. The maximum atomic E-state index is 9.24. The van der Waals surface area contributed by atoms with Crippen LogP contribution < -0.4 is 9.47 Å². The van der Waals surface area contributed by atoms with E-state index in [1.54, 1.807) is 0 Å². The summed E-state index contributed by atoms with van der Waals surface area (Å²) < 4.78 is 11.7. The molecule has 0 spiro atoms. The van der Waals surface area contributed by atoms with Crippen molar-refractivity contribution in [1.82, 2.24) is 0 Å². The van der Waals surface area contributed by atoms with Gasteiger partial charge in [0.2, 0.25) is 0 Å². The third kappa shape index (κ3) is 5.45. The van der Waals surface area contributed by atoms with Gasteiger partial charge in [-0.15, -0.1) is 0 Å². The highest BCUT2D eigenvalue weighted by atomic mass is 16.5. The van der Waals surface area contributed by atoms with Gasteiger partial charge in [-0.3, -0.25) is 0 Å². The zero-order chi connectivity index (χ0) is 24.7. The van der Waals surface area contributed by atoms with Crippen LogP contribution in [0.25, 0.3) is 0 Å². The predicted octanol–water partition coefficient (Wildman–Crippen LogP) is 6.03. The average molecular weight is 463 g/mol. The first-order valence-corrected chi connectivity index (χ1v) is 12.1. The molecule has 0 aliphatic rings. The Labute approximate surface area is 204 Å². The van der Waals surface area contributed by atoms with Crippen LogP contribution in [0.4, 0.5) is 0 Å². The number of ether oxygens (including phenoxy) is 2. The van der Waals surface area contributed by atoms with Crippen LogP contribution >= 0.6 is 0 Å². The van der Waals surface area contributed by atoms with Crippen molar-refractivity contribution in [2.24, 2.45) is 0 Å². The fourth-order valence-corrected chi connectivity index (χ4v) is 4.47. The van der Waals surface area contributed by atoms with Crippen LogP contribution in [0.2, 0.25) is 0 Å². The fourth-order valence-electron chi connectivity index (χ4n) is 4.47. The van der Waals surface area contributed by atoms with E-state index in [0.717, 1.165) is 22.6 Å². The van der Waals surface area contributed by atoms with Gasteiger partial charge in [0.1, 0.15) is 24.7 Å². The Morgan fingerprint density at radius 1 is 0.647 bits per heavy atom. The third-order valence-corrected chi connectivity index (χ3v) is 6.47. The second-order valence-corrected chi connectivity index (χ2v) is 9.45. The van der Waals surface area contributed by atoms with Gasteiger partial charge >= 0.3 is 0 Å². The molecule has 182 valence electrons. The summed E-state index contributed by atoms with van der Waals surface area (Å²) in [6.07, 6.45) is 0. The minimum atomic E-state index is -0.403. The van der Waals surface area contributed by atoms with Crippen LogP contribution in [0.15, 0.2) is 66.7 Å². The van der Waals surface area contributed by atoms with E-state index in [-0.39, 0.29) is 38.3 Å². The molecule has 0 aliphatic carbocycles. The standard InChI is InChI=1S/C30H38O4/c1-21(2)26-19-24(11-13-28(26)33-17-15-31)30(5,23-9-7-6-8-10-23)25-12-14-29(34-18-16-32)27(20-25)22(3)4/h6-14,19-22,31-32H,15-18H2,1-5H3. The van der Waals surface area contributed by atoms with E-state index in [1.807, 2.05) is 18.2 Å². The van der Waals surface area contributed by atoms with Crippen molar-refractivity contribution in [3.63, 3.8) is 0 Å². The van der Waals surface area contributed by atoms with Crippen molar-refractivity contribution < 1.29 is 19.7 Å². The Morgan fingerprint density at radius 3 is 1.47 bits per heavy atom. The lowest BCUT2D eigenvalue weighted by atomic mass is 9.70. The second-order valence-electron chi connectivity index (χ2n) is 9.45. The summed E-state index contributed by atoms with van der Waals surface area (Å²) in [7, 11) is 0. The Hall–Kier alpha value is -2.82. The van der Waals surface area contributed by atoms with Crippen LogP contribution in [0.3, 0.4) is 0 Å². The minimum Gasteiger partial charge on any atom is -0.491 e. The number of aliphatic hydroxyl groups is 2. The molecule has 0 radical (unpaired) electrons. The molecule has 0 atom stereocenters. The summed E-state index contributed by atoms with van der Waals surface area (Å²) in [6.45, 7) is 11.5. The normalized spacial score (nSPS) is 11.8. The molecule has 3 aromatic carbocycles. The summed E-state index contributed by atoms with van der Waals surface area (Å²) in [5.74, 6) is 2.18. The van der Waals surface area contributed by atoms with E-state index in [1.165, 1.54) is 16.7 Å². The largest absolute Gasteiger partial charge is 0.491 e. The molecule has 4 heteroatoms. The summed E-state index contributed by atoms with van der Waals surface area (Å²) in [4.78, 5) is 0. The van der Waals surface area contributed by atoms with E-state index < -0.39 is 5.41 Å². The molecule has 0 amide bonds. The SMILES string of the molecule is CC(C)c1cc(C(C)(c2ccccc2)c2ccc(OCCO)c(C(C)C)c2)ccc1OCCO. The number of hydrogen-bond acceptors (Lipinski definition) is 4. The first-order chi connectivity index (χ1) is 16.3. The molecule has 34 heavy (non-hydrogen) atoms. The van der Waals surface area contributed by atoms with E-state index in [2.05, 4.69) is 83.1 Å². The molecule has 0 aliphatic heterocycles. The molecule has 0 aromatic heterocycles. The molecule has 0 bridgehead atoms. The lowest BCUT2D eigenvalue weighted by molar-refractivity contribution is 0.200. The van der Waals surface area contributed by atoms with Gasteiger partial charge in [-0.25, -0.2) is 0 Å². The van der Waals surface area contributed by atoms with Gasteiger partial charge in [-0.05, 0) is 58.7 Å². The van der Waals surface area contributed by atoms with Crippen molar-refractivity contribution in [1.29, 1.82) is 0 Å². The van der Waals surface area contributed by atoms with E-state index in [4.69, 9.17) is 9.47 Å². The lowest BCUT2D eigenvalue weighted by Crippen LogP contribution is -2.26. The van der Waals surface area contributed by atoms with Crippen molar-refractivity contribution >= 4 is 0 Å². The molecular weight excluding hydrogens is 424 g/mol. The number of aliphatic hydroxyl groups excluding tert-OH is 2. The van der Waals surface area contributed by atoms with Crippen LogP contribution in [0.5, 0.6) is 11.5 Å². The molecule has 0 saturated heterocycles. The smallest absolute Gasteiger partial charge is 0.122 e. The second kappa shape index (κ2) is 11.5. The number of hydrogen-bond donors (Lipinski definition) is 2. The number of rotatable bonds is 11. The first-order valence-electron chi connectivity index (χ1n) is 12.1. The molecule has 0 heterocycles. The van der Waals surface area contributed by atoms with Crippen LogP contribution in [0.1, 0.15) is 74.3 Å². The van der Waals surface area contributed by atoms with Crippen LogP contribution in [0, 0.1) is 0 Å². The van der Waals surface area contributed by atoms with Crippen molar-refractivity contribution in [3.05, 3.63) is 94.5 Å². The monoisotopic (exact) mass is 462 g/mol. The molecule has 3 aromatic rings. The summed E-state index contributed by atoms with van der Waals surface area (Å²) in [5, 5.41) is 18.5. The Kier molecular flexibility index (Phi) is 8.76. The van der Waals surface area contributed by atoms with Gasteiger partial charge in [0, 0.05) is 5.41 Å². The molecule has 2 N–H and O–H groups in total. The van der Waals surface area contributed by atoms with Gasteiger partial charge in [0.25, 0.3) is 0 Å². The van der Waals surface area contributed by atoms with E-state index in [9.17, 15) is 10.2 Å². The summed E-state index contributed by atoms with van der Waals surface area (Å²) in [5.41, 5.74) is 5.40. The zero-order valence-electron chi connectivity index (χ0n) is 21.0. The van der Waals surface area contributed by atoms with Gasteiger partial charge in [-0.1, -0.05) is 82.3 Å². The van der Waals surface area contributed by atoms with E-state index in [0.29, 0.717) is 0 Å². The van der Waals surface area contributed by atoms with Crippen molar-refractivity contribution in [3.8, 4) is 11.5 Å². The molecule has 0 unspecified atom stereocenters. The maximum absolute atomic E-state index is 9.24. The Morgan fingerprint density at radius 2 is 1.09 bits per heavy atom.